The van der Waals surface area contributed by atoms with E-state index in [1.807, 2.05) is 0 Å². The summed E-state index contributed by atoms with van der Waals surface area (Å²) in [6.45, 7) is 0. The van der Waals surface area contributed by atoms with E-state index in [1.165, 1.54) is 24.3 Å². The van der Waals surface area contributed by atoms with Gasteiger partial charge in [0.15, 0.2) is 5.82 Å². The summed E-state index contributed by atoms with van der Waals surface area (Å²) in [5.41, 5.74) is 0.139. The van der Waals surface area contributed by atoms with Gasteiger partial charge in [0.25, 0.3) is 0 Å². The van der Waals surface area contributed by atoms with Crippen LogP contribution in [0.4, 0.5) is 4.39 Å². The lowest BCUT2D eigenvalue weighted by atomic mass is 10.1. The third-order valence-electron chi connectivity index (χ3n) is 2.03. The Balaban J connectivity index is 2.50. The fraction of sp³-hybridized carbons (Fsp3) is 0. The maximum Gasteiger partial charge on any atom is 0.371 e. The Labute approximate surface area is 95.1 Å². The van der Waals surface area contributed by atoms with E-state index in [0.29, 0.717) is 0 Å². The summed E-state index contributed by atoms with van der Waals surface area (Å²) < 4.78 is 18.5. The topological polar surface area (TPSA) is 50.4 Å². The number of hydrogen-bond donors (Lipinski definition) is 1. The molecule has 3 nitrogen and oxygen atoms in total. The Bertz CT molecular complexity index is 548. The second-order valence-corrected chi connectivity index (χ2v) is 3.48. The molecule has 0 atom stereocenters. The van der Waals surface area contributed by atoms with Crippen molar-refractivity contribution in [3.05, 3.63) is 46.9 Å². The number of furan rings is 1. The maximum atomic E-state index is 13.6. The van der Waals surface area contributed by atoms with Crippen molar-refractivity contribution in [3.63, 3.8) is 0 Å². The van der Waals surface area contributed by atoms with Crippen molar-refractivity contribution in [1.29, 1.82) is 0 Å². The van der Waals surface area contributed by atoms with Crippen molar-refractivity contribution in [2.45, 2.75) is 0 Å². The van der Waals surface area contributed by atoms with Gasteiger partial charge in [0.05, 0.1) is 10.6 Å². The molecule has 1 heterocycles. The molecule has 0 bridgehead atoms. The van der Waals surface area contributed by atoms with Crippen LogP contribution in [0.15, 0.2) is 34.7 Å². The molecule has 1 N–H and O–H groups in total. The first-order chi connectivity index (χ1) is 7.59. The summed E-state index contributed by atoms with van der Waals surface area (Å²) in [7, 11) is 0. The smallest absolute Gasteiger partial charge is 0.371 e. The number of rotatable bonds is 2. The lowest BCUT2D eigenvalue weighted by molar-refractivity contribution is 0.0663. The van der Waals surface area contributed by atoms with Gasteiger partial charge >= 0.3 is 5.97 Å². The number of halogens is 2. The van der Waals surface area contributed by atoms with E-state index in [2.05, 4.69) is 0 Å². The van der Waals surface area contributed by atoms with Crippen LogP contribution in [0.5, 0.6) is 0 Å². The van der Waals surface area contributed by atoms with Gasteiger partial charge < -0.3 is 9.52 Å². The highest BCUT2D eigenvalue weighted by atomic mass is 35.5. The average Bonchev–Trinajstić information content (AvgIpc) is 2.71. The van der Waals surface area contributed by atoms with E-state index in [9.17, 15) is 9.18 Å². The molecule has 1 aromatic heterocycles. The first-order valence-electron chi connectivity index (χ1n) is 4.37. The van der Waals surface area contributed by atoms with Crippen molar-refractivity contribution in [2.24, 2.45) is 0 Å². The van der Waals surface area contributed by atoms with Crippen LogP contribution >= 0.6 is 11.6 Å². The Morgan fingerprint density at radius 3 is 2.69 bits per heavy atom. The highest BCUT2D eigenvalue weighted by Crippen LogP contribution is 2.28. The number of carbonyl (C=O) groups is 1. The van der Waals surface area contributed by atoms with Gasteiger partial charge in [-0.05, 0) is 24.3 Å². The molecule has 2 aromatic rings. The van der Waals surface area contributed by atoms with Crippen molar-refractivity contribution in [2.75, 3.05) is 0 Å². The molecule has 0 spiro atoms. The number of carboxylic acids is 1. The van der Waals surface area contributed by atoms with Crippen LogP contribution in [0.3, 0.4) is 0 Å². The Hall–Kier alpha value is -1.81. The molecule has 0 fully saturated rings. The Morgan fingerprint density at radius 2 is 2.06 bits per heavy atom. The molecule has 5 heteroatoms. The van der Waals surface area contributed by atoms with Gasteiger partial charge in [-0.1, -0.05) is 17.7 Å². The summed E-state index contributed by atoms with van der Waals surface area (Å²) in [6.07, 6.45) is 0. The van der Waals surface area contributed by atoms with Gasteiger partial charge in [0, 0.05) is 0 Å². The average molecular weight is 241 g/mol. The zero-order valence-corrected chi connectivity index (χ0v) is 8.66. The largest absolute Gasteiger partial charge is 0.475 e. The standard InChI is InChI=1S/C11H6ClFO3/c12-7-3-1-2-6(10(7)13)8-4-5-9(16-8)11(14)15/h1-5H,(H,14,15). The number of carboxylic acid groups (broad SMARTS) is 1. The lowest BCUT2D eigenvalue weighted by Crippen LogP contribution is -1.91. The van der Waals surface area contributed by atoms with Crippen molar-refractivity contribution in [3.8, 4) is 11.3 Å². The van der Waals surface area contributed by atoms with Crippen LogP contribution in [0.1, 0.15) is 10.6 Å². The van der Waals surface area contributed by atoms with E-state index in [4.69, 9.17) is 21.1 Å². The summed E-state index contributed by atoms with van der Waals surface area (Å²) in [5.74, 6) is -1.93. The zero-order valence-electron chi connectivity index (χ0n) is 7.91. The highest BCUT2D eigenvalue weighted by molar-refractivity contribution is 6.31. The third kappa shape index (κ3) is 1.79. The van der Waals surface area contributed by atoms with E-state index in [-0.39, 0.29) is 22.1 Å². The molecule has 0 unspecified atom stereocenters. The van der Waals surface area contributed by atoms with Gasteiger partial charge in [-0.3, -0.25) is 0 Å². The summed E-state index contributed by atoms with van der Waals surface area (Å²) in [6, 6.07) is 7.08. The minimum absolute atomic E-state index is 0.0363. The Kier molecular flexibility index (Phi) is 2.66. The molecule has 0 saturated carbocycles. The molecular formula is C11H6ClFO3. The molecule has 0 radical (unpaired) electrons. The van der Waals surface area contributed by atoms with Gasteiger partial charge in [-0.15, -0.1) is 0 Å². The maximum absolute atomic E-state index is 13.6. The molecule has 0 amide bonds. The molecule has 0 aliphatic heterocycles. The molecule has 0 aliphatic rings. The Morgan fingerprint density at radius 1 is 1.31 bits per heavy atom. The fourth-order valence-corrected chi connectivity index (χ4v) is 1.47. The minimum atomic E-state index is -1.20. The van der Waals surface area contributed by atoms with E-state index in [1.54, 1.807) is 6.07 Å². The minimum Gasteiger partial charge on any atom is -0.475 e. The van der Waals surface area contributed by atoms with Crippen molar-refractivity contribution >= 4 is 17.6 Å². The molecule has 2 rings (SSSR count). The van der Waals surface area contributed by atoms with E-state index >= 15 is 0 Å². The summed E-state index contributed by atoms with van der Waals surface area (Å²) in [4.78, 5) is 10.6. The van der Waals surface area contributed by atoms with Crippen LogP contribution in [0.25, 0.3) is 11.3 Å². The lowest BCUT2D eigenvalue weighted by Gasteiger charge is -2.00. The number of hydrogen-bond acceptors (Lipinski definition) is 2. The molecule has 82 valence electrons. The summed E-state index contributed by atoms with van der Waals surface area (Å²) >= 11 is 5.60. The summed E-state index contributed by atoms with van der Waals surface area (Å²) in [5, 5.41) is 8.62. The quantitative estimate of drug-likeness (QED) is 0.875. The van der Waals surface area contributed by atoms with Crippen molar-refractivity contribution < 1.29 is 18.7 Å². The first kappa shape index (κ1) is 10.7. The first-order valence-corrected chi connectivity index (χ1v) is 4.75. The van der Waals surface area contributed by atoms with Gasteiger partial charge in [-0.25, -0.2) is 9.18 Å². The van der Waals surface area contributed by atoms with Crippen LogP contribution in [0, 0.1) is 5.82 Å². The number of aromatic carboxylic acids is 1. The molecule has 0 aliphatic carbocycles. The highest BCUT2D eigenvalue weighted by Gasteiger charge is 2.14. The SMILES string of the molecule is O=C(O)c1ccc(-c2cccc(Cl)c2F)o1. The van der Waals surface area contributed by atoms with E-state index < -0.39 is 11.8 Å². The van der Waals surface area contributed by atoms with Crippen LogP contribution < -0.4 is 0 Å². The predicted octanol–water partition coefficient (Wildman–Crippen LogP) is 3.44. The van der Waals surface area contributed by atoms with Crippen LogP contribution in [0.2, 0.25) is 5.02 Å². The van der Waals surface area contributed by atoms with Crippen molar-refractivity contribution in [1.82, 2.24) is 0 Å². The second-order valence-electron chi connectivity index (χ2n) is 3.07. The monoisotopic (exact) mass is 240 g/mol. The second kappa shape index (κ2) is 3.98. The molecule has 1 aromatic carbocycles. The normalized spacial score (nSPS) is 10.4. The third-order valence-corrected chi connectivity index (χ3v) is 2.33. The zero-order chi connectivity index (χ0) is 11.7. The van der Waals surface area contributed by atoms with E-state index in [0.717, 1.165) is 0 Å². The van der Waals surface area contributed by atoms with Gasteiger partial charge in [0.2, 0.25) is 5.76 Å². The molecular weight excluding hydrogens is 235 g/mol. The van der Waals surface area contributed by atoms with Crippen LogP contribution in [-0.2, 0) is 0 Å². The molecule has 0 saturated heterocycles. The van der Waals surface area contributed by atoms with Gasteiger partial charge in [-0.2, -0.15) is 0 Å². The fourth-order valence-electron chi connectivity index (χ4n) is 1.29. The van der Waals surface area contributed by atoms with Gasteiger partial charge in [0.1, 0.15) is 5.76 Å². The van der Waals surface area contributed by atoms with Crippen LogP contribution in [-0.4, -0.2) is 11.1 Å². The number of benzene rings is 1. The predicted molar refractivity (Wildman–Crippen MR) is 56.1 cm³/mol. The molecule has 16 heavy (non-hydrogen) atoms.